The van der Waals surface area contributed by atoms with E-state index in [1.54, 1.807) is 30.5 Å². The van der Waals surface area contributed by atoms with Crippen LogP contribution in [0.1, 0.15) is 26.8 Å². The molecule has 0 radical (unpaired) electrons. The van der Waals surface area contributed by atoms with Crippen LogP contribution in [0.15, 0.2) is 41.5 Å². The van der Waals surface area contributed by atoms with Gasteiger partial charge in [-0.25, -0.2) is 9.67 Å². The van der Waals surface area contributed by atoms with E-state index in [9.17, 15) is 22.8 Å². The fourth-order valence-corrected chi connectivity index (χ4v) is 4.10. The zero-order valence-corrected chi connectivity index (χ0v) is 20.4. The maximum atomic E-state index is 13.7. The Labute approximate surface area is 205 Å². The number of carbonyl (C=O) groups is 1. The van der Waals surface area contributed by atoms with Gasteiger partial charge in [-0.1, -0.05) is 12.2 Å². The van der Waals surface area contributed by atoms with Gasteiger partial charge in [0.15, 0.2) is 0 Å². The number of amides is 1. The van der Waals surface area contributed by atoms with Gasteiger partial charge < -0.3 is 19.5 Å². The summed E-state index contributed by atoms with van der Waals surface area (Å²) >= 11 is 0. The number of hydrogen-bond donors (Lipinski definition) is 1. The van der Waals surface area contributed by atoms with Crippen molar-refractivity contribution >= 4 is 28.3 Å². The van der Waals surface area contributed by atoms with E-state index in [0.29, 0.717) is 40.8 Å². The molecule has 1 amide bonds. The van der Waals surface area contributed by atoms with Crippen molar-refractivity contribution in [1.82, 2.24) is 19.3 Å². The van der Waals surface area contributed by atoms with Crippen LogP contribution in [0.3, 0.4) is 0 Å². The highest BCUT2D eigenvalue weighted by molar-refractivity contribution is 5.98. The second-order valence-corrected chi connectivity index (χ2v) is 9.04. The highest BCUT2D eigenvalue weighted by Crippen LogP contribution is 2.35. The van der Waals surface area contributed by atoms with Crippen molar-refractivity contribution in [3.63, 3.8) is 0 Å². The standard InChI is InChI=1S/C24H27F3N6O3/c1-13(2)9-31-12-18(17-6-22(29-15(4)34)28-8-21(17)31)19-7-20(32-10-16(11-32)36-5)23(35)33(30-19)14(3)24(25,26)27/h6-8,12,14,16H,1,9-11H2,2-5H3,(H,28,29,34)/t14-/m0/s1. The Morgan fingerprint density at radius 1 is 1.31 bits per heavy atom. The number of rotatable bonds is 7. The SMILES string of the molecule is C=C(C)Cn1cc(-c2cc(N3CC(OC)C3)c(=O)n([C@@H](C)C(F)(F)F)n2)c2cc(NC(C)=O)ncc21. The zero-order chi connectivity index (χ0) is 26.4. The van der Waals surface area contributed by atoms with Crippen molar-refractivity contribution in [2.75, 3.05) is 30.4 Å². The van der Waals surface area contributed by atoms with Crippen LogP contribution in [0.5, 0.6) is 0 Å². The van der Waals surface area contributed by atoms with E-state index in [4.69, 9.17) is 4.74 Å². The third kappa shape index (κ3) is 4.85. The van der Waals surface area contributed by atoms with Crippen molar-refractivity contribution in [3.8, 4) is 11.3 Å². The van der Waals surface area contributed by atoms with E-state index in [1.807, 2.05) is 11.5 Å². The first-order valence-corrected chi connectivity index (χ1v) is 11.3. The van der Waals surface area contributed by atoms with Crippen LogP contribution in [0, 0.1) is 0 Å². The summed E-state index contributed by atoms with van der Waals surface area (Å²) < 4.78 is 48.6. The summed E-state index contributed by atoms with van der Waals surface area (Å²) in [4.78, 5) is 30.6. The van der Waals surface area contributed by atoms with Crippen LogP contribution in [-0.2, 0) is 16.1 Å². The second kappa shape index (κ2) is 9.41. The van der Waals surface area contributed by atoms with Gasteiger partial charge >= 0.3 is 6.18 Å². The summed E-state index contributed by atoms with van der Waals surface area (Å²) in [6, 6.07) is 1.01. The zero-order valence-electron chi connectivity index (χ0n) is 20.4. The minimum Gasteiger partial charge on any atom is -0.378 e. The quantitative estimate of drug-likeness (QED) is 0.493. The van der Waals surface area contributed by atoms with Crippen LogP contribution in [-0.4, -0.2) is 57.7 Å². The Kier molecular flexibility index (Phi) is 6.65. The molecule has 4 heterocycles. The smallest absolute Gasteiger partial charge is 0.378 e. The number of aromatic nitrogens is 4. The average Bonchev–Trinajstić information content (AvgIpc) is 3.09. The topological polar surface area (TPSA) is 94.3 Å². The van der Waals surface area contributed by atoms with Crippen LogP contribution in [0.4, 0.5) is 24.7 Å². The molecule has 1 aliphatic heterocycles. The third-order valence-corrected chi connectivity index (χ3v) is 6.07. The molecule has 192 valence electrons. The van der Waals surface area contributed by atoms with Crippen molar-refractivity contribution in [2.45, 2.75) is 45.6 Å². The number of pyridine rings is 1. The van der Waals surface area contributed by atoms with Crippen molar-refractivity contribution in [1.29, 1.82) is 0 Å². The molecule has 1 aliphatic rings. The van der Waals surface area contributed by atoms with E-state index in [0.717, 1.165) is 12.5 Å². The van der Waals surface area contributed by atoms with Gasteiger partial charge in [-0.2, -0.15) is 18.3 Å². The average molecular weight is 505 g/mol. The maximum Gasteiger partial charge on any atom is 0.410 e. The van der Waals surface area contributed by atoms with Gasteiger partial charge in [0.2, 0.25) is 5.91 Å². The highest BCUT2D eigenvalue weighted by Gasteiger charge is 2.40. The van der Waals surface area contributed by atoms with Gasteiger partial charge in [-0.3, -0.25) is 9.59 Å². The minimum absolute atomic E-state index is 0.112. The number of fused-ring (bicyclic) bond motifs is 1. The van der Waals surface area contributed by atoms with E-state index in [-0.39, 0.29) is 29.2 Å². The fourth-order valence-electron chi connectivity index (χ4n) is 4.10. The predicted molar refractivity (Wildman–Crippen MR) is 130 cm³/mol. The van der Waals surface area contributed by atoms with E-state index >= 15 is 0 Å². The number of nitrogens with zero attached hydrogens (tertiary/aromatic N) is 5. The third-order valence-electron chi connectivity index (χ3n) is 6.07. The van der Waals surface area contributed by atoms with Crippen molar-refractivity contribution in [2.24, 2.45) is 0 Å². The molecule has 0 aliphatic carbocycles. The van der Waals surface area contributed by atoms with E-state index in [1.165, 1.54) is 13.0 Å². The van der Waals surface area contributed by atoms with Gasteiger partial charge in [0.1, 0.15) is 17.5 Å². The summed E-state index contributed by atoms with van der Waals surface area (Å²) in [5.41, 5.74) is 1.49. The molecule has 12 heteroatoms. The Morgan fingerprint density at radius 3 is 2.58 bits per heavy atom. The normalized spacial score (nSPS) is 15.1. The summed E-state index contributed by atoms with van der Waals surface area (Å²) in [6.07, 6.45) is -1.47. The first kappa shape index (κ1) is 25.4. The Morgan fingerprint density at radius 2 is 2.00 bits per heavy atom. The minimum atomic E-state index is -4.67. The fraction of sp³-hybridized carbons (Fsp3) is 0.417. The lowest BCUT2D eigenvalue weighted by Gasteiger charge is -2.39. The first-order chi connectivity index (χ1) is 16.9. The molecule has 9 nitrogen and oxygen atoms in total. The Balaban J connectivity index is 1.95. The number of alkyl halides is 3. The first-order valence-electron chi connectivity index (χ1n) is 11.3. The monoisotopic (exact) mass is 504 g/mol. The summed E-state index contributed by atoms with van der Waals surface area (Å²) in [5, 5.41) is 7.39. The Hall–Kier alpha value is -3.67. The number of methoxy groups -OCH3 is 1. The summed E-state index contributed by atoms with van der Waals surface area (Å²) in [6.45, 7) is 9.23. The Bertz CT molecular complexity index is 1390. The van der Waals surface area contributed by atoms with Crippen LogP contribution >= 0.6 is 0 Å². The number of carbonyl (C=O) groups excluding carboxylic acids is 1. The lowest BCUT2D eigenvalue weighted by Crippen LogP contribution is -2.54. The molecule has 4 rings (SSSR count). The lowest BCUT2D eigenvalue weighted by molar-refractivity contribution is -0.166. The molecular formula is C24H27F3N6O3. The summed E-state index contributed by atoms with van der Waals surface area (Å²) in [7, 11) is 1.54. The number of anilines is 2. The van der Waals surface area contributed by atoms with Gasteiger partial charge in [-0.05, 0) is 26.0 Å². The molecule has 0 unspecified atom stereocenters. The van der Waals surface area contributed by atoms with Gasteiger partial charge in [-0.15, -0.1) is 0 Å². The van der Waals surface area contributed by atoms with Crippen LogP contribution in [0.25, 0.3) is 22.2 Å². The van der Waals surface area contributed by atoms with E-state index in [2.05, 4.69) is 22.0 Å². The highest BCUT2D eigenvalue weighted by atomic mass is 19.4. The molecule has 0 spiro atoms. The molecule has 0 bridgehead atoms. The van der Waals surface area contributed by atoms with Crippen molar-refractivity contribution < 1.29 is 22.7 Å². The summed E-state index contributed by atoms with van der Waals surface area (Å²) in [5.74, 6) is -0.0320. The molecule has 36 heavy (non-hydrogen) atoms. The molecule has 1 atom stereocenters. The molecule has 3 aromatic heterocycles. The molecular weight excluding hydrogens is 477 g/mol. The van der Waals surface area contributed by atoms with E-state index < -0.39 is 17.8 Å². The number of halogens is 3. The molecule has 1 saturated heterocycles. The van der Waals surface area contributed by atoms with Crippen molar-refractivity contribution in [3.05, 3.63) is 47.0 Å². The largest absolute Gasteiger partial charge is 0.410 e. The predicted octanol–water partition coefficient (Wildman–Crippen LogP) is 3.75. The molecule has 3 aromatic rings. The molecule has 0 saturated carbocycles. The van der Waals surface area contributed by atoms with Gasteiger partial charge in [0.25, 0.3) is 5.56 Å². The molecule has 0 aromatic carbocycles. The van der Waals surface area contributed by atoms with Crippen LogP contribution < -0.4 is 15.8 Å². The molecule has 1 fully saturated rings. The maximum absolute atomic E-state index is 13.7. The van der Waals surface area contributed by atoms with Crippen LogP contribution in [0.2, 0.25) is 0 Å². The number of allylic oxidation sites excluding steroid dienone is 1. The molecule has 1 N–H and O–H groups in total. The van der Waals surface area contributed by atoms with Gasteiger partial charge in [0, 0.05) is 50.8 Å². The number of nitrogens with one attached hydrogen (secondary N) is 1. The number of ether oxygens (including phenoxy) is 1. The van der Waals surface area contributed by atoms with Gasteiger partial charge in [0.05, 0.1) is 23.5 Å². The second-order valence-electron chi connectivity index (χ2n) is 9.04. The lowest BCUT2D eigenvalue weighted by atomic mass is 10.1. The number of hydrogen-bond acceptors (Lipinski definition) is 6.